The molecule has 3 rings (SSSR count). The highest BCUT2D eigenvalue weighted by atomic mass is 35.5. The fourth-order valence-corrected chi connectivity index (χ4v) is 2.86. The average molecular weight is 272 g/mol. The molecule has 1 aliphatic carbocycles. The molecule has 1 aliphatic rings. The molecule has 0 radical (unpaired) electrons. The molecule has 0 heterocycles. The molecule has 0 saturated heterocycles. The summed E-state index contributed by atoms with van der Waals surface area (Å²) in [5.41, 5.74) is 10.1. The van der Waals surface area contributed by atoms with E-state index in [1.165, 1.54) is 17.5 Å². The fraction of sp³-hybridized carbons (Fsp3) is 0.188. The van der Waals surface area contributed by atoms with Crippen LogP contribution in [0.1, 0.15) is 33.5 Å². The lowest BCUT2D eigenvalue weighted by Crippen LogP contribution is -2.03. The van der Waals surface area contributed by atoms with Crippen LogP contribution in [-0.2, 0) is 12.8 Å². The molecule has 2 nitrogen and oxygen atoms in total. The molecule has 2 aromatic carbocycles. The lowest BCUT2D eigenvalue weighted by Gasteiger charge is -2.07. The number of carbonyl (C=O) groups is 1. The first kappa shape index (κ1) is 12.2. The van der Waals surface area contributed by atoms with E-state index in [0.29, 0.717) is 21.8 Å². The van der Waals surface area contributed by atoms with Crippen molar-refractivity contribution in [3.8, 4) is 0 Å². The van der Waals surface area contributed by atoms with E-state index in [0.717, 1.165) is 12.8 Å². The highest BCUT2D eigenvalue weighted by Crippen LogP contribution is 2.26. The summed E-state index contributed by atoms with van der Waals surface area (Å²) < 4.78 is 0. The second-order valence-corrected chi connectivity index (χ2v) is 5.31. The van der Waals surface area contributed by atoms with Gasteiger partial charge in [0.15, 0.2) is 5.78 Å². The number of aryl methyl sites for hydroxylation is 2. The van der Waals surface area contributed by atoms with Gasteiger partial charge >= 0.3 is 0 Å². The number of ketones is 1. The molecule has 0 spiro atoms. The molecular formula is C16H14ClNO. The normalized spacial score (nSPS) is 13.3. The maximum atomic E-state index is 12.5. The monoisotopic (exact) mass is 271 g/mol. The molecule has 2 N–H and O–H groups in total. The van der Waals surface area contributed by atoms with Crippen LogP contribution in [0, 0.1) is 0 Å². The van der Waals surface area contributed by atoms with E-state index in [9.17, 15) is 4.79 Å². The van der Waals surface area contributed by atoms with Crippen LogP contribution in [0.5, 0.6) is 0 Å². The van der Waals surface area contributed by atoms with E-state index in [1.807, 2.05) is 12.1 Å². The number of benzene rings is 2. The molecule has 19 heavy (non-hydrogen) atoms. The van der Waals surface area contributed by atoms with Crippen molar-refractivity contribution in [1.29, 1.82) is 0 Å². The van der Waals surface area contributed by atoms with Gasteiger partial charge in [0.2, 0.25) is 0 Å². The number of nitrogen functional groups attached to an aromatic ring is 1. The van der Waals surface area contributed by atoms with Crippen LogP contribution in [-0.4, -0.2) is 5.78 Å². The lowest BCUT2D eigenvalue weighted by molar-refractivity contribution is 0.103. The number of anilines is 1. The third-order valence-corrected chi connectivity index (χ3v) is 3.91. The highest BCUT2D eigenvalue weighted by molar-refractivity contribution is 6.35. The molecule has 0 bridgehead atoms. The van der Waals surface area contributed by atoms with Crippen molar-refractivity contribution in [2.24, 2.45) is 0 Å². The van der Waals surface area contributed by atoms with E-state index < -0.39 is 0 Å². The van der Waals surface area contributed by atoms with Gasteiger partial charge in [-0.15, -0.1) is 0 Å². The van der Waals surface area contributed by atoms with Crippen LogP contribution in [0.15, 0.2) is 36.4 Å². The summed E-state index contributed by atoms with van der Waals surface area (Å²) in [4.78, 5) is 12.5. The Balaban J connectivity index is 2.00. The average Bonchev–Trinajstić information content (AvgIpc) is 2.85. The molecule has 96 valence electrons. The summed E-state index contributed by atoms with van der Waals surface area (Å²) in [6.07, 6.45) is 3.36. The maximum absolute atomic E-state index is 12.5. The fourth-order valence-electron chi connectivity index (χ4n) is 2.58. The van der Waals surface area contributed by atoms with E-state index in [-0.39, 0.29) is 5.78 Å². The maximum Gasteiger partial charge on any atom is 0.194 e. The van der Waals surface area contributed by atoms with Gasteiger partial charge < -0.3 is 5.73 Å². The number of hydrogen-bond acceptors (Lipinski definition) is 2. The minimum atomic E-state index is -0.0419. The Hall–Kier alpha value is -1.80. The Kier molecular flexibility index (Phi) is 3.03. The van der Waals surface area contributed by atoms with E-state index in [1.54, 1.807) is 18.2 Å². The highest BCUT2D eigenvalue weighted by Gasteiger charge is 2.16. The van der Waals surface area contributed by atoms with Gasteiger partial charge in [-0.25, -0.2) is 0 Å². The zero-order valence-electron chi connectivity index (χ0n) is 10.4. The quantitative estimate of drug-likeness (QED) is 0.669. The van der Waals surface area contributed by atoms with Gasteiger partial charge in [0, 0.05) is 16.8 Å². The molecule has 0 atom stereocenters. The minimum Gasteiger partial charge on any atom is -0.399 e. The zero-order chi connectivity index (χ0) is 13.4. The Bertz CT molecular complexity index is 664. The van der Waals surface area contributed by atoms with Crippen molar-refractivity contribution in [3.05, 3.63) is 63.7 Å². The summed E-state index contributed by atoms with van der Waals surface area (Å²) in [6, 6.07) is 10.9. The largest absolute Gasteiger partial charge is 0.399 e. The van der Waals surface area contributed by atoms with Crippen LogP contribution in [0.2, 0.25) is 5.02 Å². The van der Waals surface area contributed by atoms with Gasteiger partial charge in [0.25, 0.3) is 0 Å². The number of halogens is 1. The summed E-state index contributed by atoms with van der Waals surface area (Å²) in [7, 11) is 0. The van der Waals surface area contributed by atoms with Crippen LogP contribution >= 0.6 is 11.6 Å². The van der Waals surface area contributed by atoms with Gasteiger partial charge in [-0.05, 0) is 54.7 Å². The number of nitrogens with two attached hydrogens (primary N) is 1. The van der Waals surface area contributed by atoms with E-state index >= 15 is 0 Å². The van der Waals surface area contributed by atoms with Crippen molar-refractivity contribution in [3.63, 3.8) is 0 Å². The number of fused-ring (bicyclic) bond motifs is 1. The van der Waals surface area contributed by atoms with Gasteiger partial charge in [0.05, 0.1) is 5.02 Å². The minimum absolute atomic E-state index is 0.0419. The van der Waals surface area contributed by atoms with Crippen molar-refractivity contribution >= 4 is 23.1 Å². The van der Waals surface area contributed by atoms with Crippen LogP contribution in [0.25, 0.3) is 0 Å². The summed E-state index contributed by atoms with van der Waals surface area (Å²) in [5.74, 6) is -0.0419. The predicted molar refractivity (Wildman–Crippen MR) is 77.8 cm³/mol. The molecule has 3 heteroatoms. The van der Waals surface area contributed by atoms with E-state index in [4.69, 9.17) is 17.3 Å². The van der Waals surface area contributed by atoms with Crippen LogP contribution in [0.3, 0.4) is 0 Å². The summed E-state index contributed by atoms with van der Waals surface area (Å²) in [5, 5.41) is 0.408. The van der Waals surface area contributed by atoms with Gasteiger partial charge in [-0.2, -0.15) is 0 Å². The molecule has 0 saturated carbocycles. The molecule has 2 aromatic rings. The molecule has 0 amide bonds. The first-order valence-electron chi connectivity index (χ1n) is 6.36. The Morgan fingerprint density at radius 1 is 1.05 bits per heavy atom. The molecule has 0 unspecified atom stereocenters. The number of carbonyl (C=O) groups excluding carboxylic acids is 1. The van der Waals surface area contributed by atoms with Crippen molar-refractivity contribution < 1.29 is 4.79 Å². The smallest absolute Gasteiger partial charge is 0.194 e. The molecule has 0 aliphatic heterocycles. The Morgan fingerprint density at radius 2 is 1.84 bits per heavy atom. The number of hydrogen-bond donors (Lipinski definition) is 1. The van der Waals surface area contributed by atoms with Gasteiger partial charge in [0.1, 0.15) is 0 Å². The predicted octanol–water partition coefficient (Wildman–Crippen LogP) is 3.64. The first-order valence-corrected chi connectivity index (χ1v) is 6.74. The van der Waals surface area contributed by atoms with Crippen molar-refractivity contribution in [2.45, 2.75) is 19.3 Å². The topological polar surface area (TPSA) is 43.1 Å². The zero-order valence-corrected chi connectivity index (χ0v) is 11.2. The molecule has 0 aromatic heterocycles. The lowest BCUT2D eigenvalue weighted by atomic mass is 9.99. The summed E-state index contributed by atoms with van der Waals surface area (Å²) in [6.45, 7) is 0. The van der Waals surface area contributed by atoms with Gasteiger partial charge in [-0.1, -0.05) is 23.7 Å². The second kappa shape index (κ2) is 4.71. The number of rotatable bonds is 2. The first-order chi connectivity index (χ1) is 9.15. The van der Waals surface area contributed by atoms with Crippen LogP contribution in [0.4, 0.5) is 5.69 Å². The molecule has 0 fully saturated rings. The Morgan fingerprint density at radius 3 is 2.63 bits per heavy atom. The second-order valence-electron chi connectivity index (χ2n) is 4.91. The van der Waals surface area contributed by atoms with E-state index in [2.05, 4.69) is 6.07 Å². The van der Waals surface area contributed by atoms with Crippen molar-refractivity contribution in [1.82, 2.24) is 0 Å². The Labute approximate surface area is 117 Å². The third kappa shape index (κ3) is 2.24. The molecular weight excluding hydrogens is 258 g/mol. The standard InChI is InChI=1S/C16H14ClNO/c17-15-9-13(18)6-7-14(15)16(19)12-5-4-10-2-1-3-11(10)8-12/h4-9H,1-3,18H2. The SMILES string of the molecule is Nc1ccc(C(=O)c2ccc3c(c2)CCC3)c(Cl)c1. The van der Waals surface area contributed by atoms with Crippen molar-refractivity contribution in [2.75, 3.05) is 5.73 Å². The third-order valence-electron chi connectivity index (χ3n) is 3.60. The summed E-state index contributed by atoms with van der Waals surface area (Å²) >= 11 is 6.09. The van der Waals surface area contributed by atoms with Gasteiger partial charge in [-0.3, -0.25) is 4.79 Å². The van der Waals surface area contributed by atoms with Crippen LogP contribution < -0.4 is 5.73 Å².